The van der Waals surface area contributed by atoms with Crippen LogP contribution in [0.15, 0.2) is 24.3 Å². The summed E-state index contributed by atoms with van der Waals surface area (Å²) in [6.45, 7) is 4.33. The Hall–Kier alpha value is -1.59. The molecule has 1 aromatic carbocycles. The zero-order valence-electron chi connectivity index (χ0n) is 12.1. The van der Waals surface area contributed by atoms with E-state index < -0.39 is 0 Å². The summed E-state index contributed by atoms with van der Waals surface area (Å²) in [5.74, 6) is 0.535. The van der Waals surface area contributed by atoms with Crippen LogP contribution < -0.4 is 11.1 Å². The molecule has 1 fully saturated rings. The van der Waals surface area contributed by atoms with Crippen LogP contribution in [0.5, 0.6) is 0 Å². The van der Waals surface area contributed by atoms with Gasteiger partial charge in [0.25, 0.3) is 0 Å². The smallest absolute Gasteiger partial charge is 0.238 e. The van der Waals surface area contributed by atoms with Crippen LogP contribution in [-0.2, 0) is 9.53 Å². The second-order valence-electron chi connectivity index (χ2n) is 5.45. The van der Waals surface area contributed by atoms with E-state index in [0.717, 1.165) is 25.2 Å². The number of benzene rings is 1. The van der Waals surface area contributed by atoms with Crippen LogP contribution in [0.1, 0.15) is 13.3 Å². The number of amides is 1. The molecule has 1 aliphatic heterocycles. The number of nitrogen functional groups attached to an aromatic ring is 1. The molecule has 0 aliphatic carbocycles. The van der Waals surface area contributed by atoms with Crippen molar-refractivity contribution in [3.05, 3.63) is 24.3 Å². The van der Waals surface area contributed by atoms with Crippen molar-refractivity contribution < 1.29 is 9.53 Å². The van der Waals surface area contributed by atoms with E-state index in [4.69, 9.17) is 10.5 Å². The summed E-state index contributed by atoms with van der Waals surface area (Å²) in [5.41, 5.74) is 7.08. The molecule has 3 N–H and O–H groups in total. The van der Waals surface area contributed by atoms with E-state index in [1.807, 2.05) is 12.1 Å². The van der Waals surface area contributed by atoms with Crippen LogP contribution in [0.2, 0.25) is 0 Å². The molecule has 110 valence electrons. The van der Waals surface area contributed by atoms with Gasteiger partial charge in [-0.25, -0.2) is 0 Å². The summed E-state index contributed by atoms with van der Waals surface area (Å²) in [6.07, 6.45) is 1.27. The van der Waals surface area contributed by atoms with Gasteiger partial charge in [0.15, 0.2) is 0 Å². The number of ether oxygens (including phenoxy) is 1. The fourth-order valence-electron chi connectivity index (χ4n) is 2.57. The number of piperidine rings is 1. The number of carbonyl (C=O) groups is 1. The van der Waals surface area contributed by atoms with Crippen molar-refractivity contribution in [2.75, 3.05) is 37.8 Å². The van der Waals surface area contributed by atoms with Gasteiger partial charge in [-0.3, -0.25) is 9.69 Å². The maximum Gasteiger partial charge on any atom is 0.238 e. The van der Waals surface area contributed by atoms with Gasteiger partial charge in [-0.05, 0) is 37.1 Å². The minimum atomic E-state index is -0.0139. The Morgan fingerprint density at radius 1 is 1.55 bits per heavy atom. The van der Waals surface area contributed by atoms with E-state index in [-0.39, 0.29) is 12.0 Å². The van der Waals surface area contributed by atoms with Gasteiger partial charge in [0, 0.05) is 25.0 Å². The fraction of sp³-hybridized carbons (Fsp3) is 0.533. The maximum absolute atomic E-state index is 12.0. The zero-order chi connectivity index (χ0) is 14.5. The van der Waals surface area contributed by atoms with Gasteiger partial charge >= 0.3 is 0 Å². The minimum Gasteiger partial charge on any atom is -0.399 e. The highest BCUT2D eigenvalue weighted by Gasteiger charge is 2.26. The Morgan fingerprint density at radius 2 is 2.35 bits per heavy atom. The lowest BCUT2D eigenvalue weighted by molar-refractivity contribution is -0.118. The predicted octanol–water partition coefficient (Wildman–Crippen LogP) is 1.56. The van der Waals surface area contributed by atoms with Gasteiger partial charge in [0.2, 0.25) is 5.91 Å². The quantitative estimate of drug-likeness (QED) is 0.820. The number of carbonyl (C=O) groups excluding carboxylic acids is 1. The highest BCUT2D eigenvalue weighted by molar-refractivity contribution is 5.92. The minimum absolute atomic E-state index is 0.0139. The number of nitrogens with zero attached hydrogens (tertiary/aromatic N) is 1. The molecule has 2 atom stereocenters. The van der Waals surface area contributed by atoms with Gasteiger partial charge < -0.3 is 15.8 Å². The first-order valence-electron chi connectivity index (χ1n) is 6.99. The topological polar surface area (TPSA) is 67.6 Å². The fourth-order valence-corrected chi connectivity index (χ4v) is 2.57. The first-order chi connectivity index (χ1) is 9.58. The van der Waals surface area contributed by atoms with E-state index in [0.29, 0.717) is 18.2 Å². The molecule has 2 rings (SSSR count). The van der Waals surface area contributed by atoms with Gasteiger partial charge in [0.05, 0.1) is 12.6 Å². The van der Waals surface area contributed by atoms with Crippen LogP contribution in [-0.4, -0.2) is 43.7 Å². The lowest BCUT2D eigenvalue weighted by Crippen LogP contribution is -2.46. The van der Waals surface area contributed by atoms with E-state index in [9.17, 15) is 4.79 Å². The molecule has 1 aromatic rings. The average molecular weight is 277 g/mol. The van der Waals surface area contributed by atoms with Crippen LogP contribution >= 0.6 is 0 Å². The standard InChI is InChI=1S/C15H23N3O2/c1-11-6-7-18(9-14(11)20-2)10-15(19)17-13-5-3-4-12(16)8-13/h3-5,8,11,14H,6-7,9-10,16H2,1-2H3,(H,17,19). The number of rotatable bonds is 4. The SMILES string of the molecule is COC1CN(CC(=O)Nc2cccc(N)c2)CCC1C. The Balaban J connectivity index is 1.85. The second-order valence-corrected chi connectivity index (χ2v) is 5.45. The van der Waals surface area contributed by atoms with Crippen molar-refractivity contribution in [2.24, 2.45) is 5.92 Å². The molecular weight excluding hydrogens is 254 g/mol. The monoisotopic (exact) mass is 277 g/mol. The number of likely N-dealkylation sites (tertiary alicyclic amines) is 1. The summed E-state index contributed by atoms with van der Waals surface area (Å²) in [5, 5.41) is 2.87. The molecule has 5 heteroatoms. The predicted molar refractivity (Wildman–Crippen MR) is 80.5 cm³/mol. The molecule has 0 saturated carbocycles. The summed E-state index contributed by atoms with van der Waals surface area (Å²) < 4.78 is 5.46. The number of hydrogen-bond donors (Lipinski definition) is 2. The first kappa shape index (κ1) is 14.8. The third-order valence-electron chi connectivity index (χ3n) is 3.81. The Bertz CT molecular complexity index is 464. The number of nitrogens with one attached hydrogen (secondary N) is 1. The Morgan fingerprint density at radius 3 is 3.05 bits per heavy atom. The van der Waals surface area contributed by atoms with E-state index >= 15 is 0 Å². The van der Waals surface area contributed by atoms with Crippen LogP contribution in [0.3, 0.4) is 0 Å². The average Bonchev–Trinajstić information content (AvgIpc) is 2.41. The molecule has 2 unspecified atom stereocenters. The van der Waals surface area contributed by atoms with Gasteiger partial charge in [-0.1, -0.05) is 13.0 Å². The maximum atomic E-state index is 12.0. The Kier molecular flexibility index (Phi) is 4.98. The van der Waals surface area contributed by atoms with Crippen LogP contribution in [0.4, 0.5) is 11.4 Å². The van der Waals surface area contributed by atoms with Crippen molar-refractivity contribution in [1.29, 1.82) is 0 Å². The molecule has 20 heavy (non-hydrogen) atoms. The van der Waals surface area contributed by atoms with Crippen molar-refractivity contribution in [1.82, 2.24) is 4.90 Å². The second kappa shape index (κ2) is 6.72. The lowest BCUT2D eigenvalue weighted by atomic mass is 9.96. The number of methoxy groups -OCH3 is 1. The molecule has 0 aromatic heterocycles. The molecule has 0 spiro atoms. The third-order valence-corrected chi connectivity index (χ3v) is 3.81. The molecule has 0 radical (unpaired) electrons. The highest BCUT2D eigenvalue weighted by atomic mass is 16.5. The molecular formula is C15H23N3O2. The van der Waals surface area contributed by atoms with Gasteiger partial charge in [-0.2, -0.15) is 0 Å². The van der Waals surface area contributed by atoms with Crippen molar-refractivity contribution >= 4 is 17.3 Å². The molecule has 1 amide bonds. The third kappa shape index (κ3) is 3.95. The zero-order valence-corrected chi connectivity index (χ0v) is 12.1. The van der Waals surface area contributed by atoms with Gasteiger partial charge in [0.1, 0.15) is 0 Å². The largest absolute Gasteiger partial charge is 0.399 e. The van der Waals surface area contributed by atoms with Crippen LogP contribution in [0.25, 0.3) is 0 Å². The summed E-state index contributed by atoms with van der Waals surface area (Å²) in [4.78, 5) is 14.2. The van der Waals surface area contributed by atoms with Crippen molar-refractivity contribution in [2.45, 2.75) is 19.4 Å². The van der Waals surface area contributed by atoms with E-state index in [1.165, 1.54) is 0 Å². The Labute approximate surface area is 120 Å². The van der Waals surface area contributed by atoms with Crippen LogP contribution in [0, 0.1) is 5.92 Å². The molecule has 1 heterocycles. The lowest BCUT2D eigenvalue weighted by Gasteiger charge is -2.35. The van der Waals surface area contributed by atoms with Crippen molar-refractivity contribution in [3.63, 3.8) is 0 Å². The number of nitrogens with two attached hydrogens (primary N) is 1. The molecule has 0 bridgehead atoms. The summed E-state index contributed by atoms with van der Waals surface area (Å²) >= 11 is 0. The number of anilines is 2. The van der Waals surface area contributed by atoms with E-state index in [1.54, 1.807) is 19.2 Å². The molecule has 1 aliphatic rings. The van der Waals surface area contributed by atoms with E-state index in [2.05, 4.69) is 17.1 Å². The summed E-state index contributed by atoms with van der Waals surface area (Å²) in [7, 11) is 1.73. The van der Waals surface area contributed by atoms with Gasteiger partial charge in [-0.15, -0.1) is 0 Å². The highest BCUT2D eigenvalue weighted by Crippen LogP contribution is 2.19. The normalized spacial score (nSPS) is 23.5. The summed E-state index contributed by atoms with van der Waals surface area (Å²) in [6, 6.07) is 7.22. The number of hydrogen-bond acceptors (Lipinski definition) is 4. The molecule has 5 nitrogen and oxygen atoms in total. The first-order valence-corrected chi connectivity index (χ1v) is 6.99. The van der Waals surface area contributed by atoms with Crippen molar-refractivity contribution in [3.8, 4) is 0 Å². The molecule has 1 saturated heterocycles.